The largest absolute Gasteiger partial charge is 0.379 e. The Morgan fingerprint density at radius 2 is 1.85 bits per heavy atom. The van der Waals surface area contributed by atoms with E-state index >= 15 is 0 Å². The van der Waals surface area contributed by atoms with Crippen molar-refractivity contribution >= 4 is 33.2 Å². The van der Waals surface area contributed by atoms with E-state index in [0.29, 0.717) is 22.8 Å². The molecule has 1 fully saturated rings. The lowest BCUT2D eigenvalue weighted by atomic mass is 10.1. The van der Waals surface area contributed by atoms with Crippen molar-refractivity contribution in [3.8, 4) is 11.1 Å². The van der Waals surface area contributed by atoms with E-state index in [1.165, 1.54) is 16.9 Å². The molecule has 2 aromatic carbocycles. The number of ether oxygens (including phenoxy) is 1. The van der Waals surface area contributed by atoms with Crippen LogP contribution in [0.4, 0.5) is 0 Å². The molecule has 1 saturated heterocycles. The van der Waals surface area contributed by atoms with E-state index in [9.17, 15) is 4.79 Å². The van der Waals surface area contributed by atoms with Gasteiger partial charge in [0.05, 0.1) is 25.1 Å². The molecule has 1 atom stereocenters. The highest BCUT2D eigenvalue weighted by Gasteiger charge is 2.19. The van der Waals surface area contributed by atoms with E-state index in [2.05, 4.69) is 39.5 Å². The first kappa shape index (κ1) is 22.3. The summed E-state index contributed by atoms with van der Waals surface area (Å²) < 4.78 is 5.49. The second kappa shape index (κ2) is 10.2. The summed E-state index contributed by atoms with van der Waals surface area (Å²) >= 11 is 7.84. The Bertz CT molecular complexity index is 1280. The predicted molar refractivity (Wildman–Crippen MR) is 134 cm³/mol. The van der Waals surface area contributed by atoms with Crippen LogP contribution in [-0.2, 0) is 11.3 Å². The van der Waals surface area contributed by atoms with E-state index < -0.39 is 0 Å². The summed E-state index contributed by atoms with van der Waals surface area (Å²) in [4.78, 5) is 23.9. The van der Waals surface area contributed by atoms with E-state index in [1.54, 1.807) is 0 Å². The van der Waals surface area contributed by atoms with Crippen LogP contribution in [0.2, 0.25) is 5.02 Å². The van der Waals surface area contributed by atoms with Crippen molar-refractivity contribution in [3.63, 3.8) is 0 Å². The fourth-order valence-corrected chi connectivity index (χ4v) is 5.39. The zero-order valence-electron chi connectivity index (χ0n) is 18.1. The van der Waals surface area contributed by atoms with Crippen LogP contribution in [0.3, 0.4) is 0 Å². The van der Waals surface area contributed by atoms with Crippen molar-refractivity contribution < 1.29 is 4.74 Å². The van der Waals surface area contributed by atoms with E-state index in [0.717, 1.165) is 48.8 Å². The van der Waals surface area contributed by atoms with Crippen LogP contribution in [0.25, 0.3) is 21.3 Å². The molecule has 4 aromatic rings. The number of rotatable bonds is 7. The van der Waals surface area contributed by atoms with Gasteiger partial charge < -0.3 is 15.0 Å². The number of benzene rings is 2. The summed E-state index contributed by atoms with van der Waals surface area (Å²) in [6, 6.07) is 18.1. The maximum absolute atomic E-state index is 13.0. The highest BCUT2D eigenvalue weighted by molar-refractivity contribution is 7.17. The molecule has 1 aliphatic heterocycles. The van der Waals surface area contributed by atoms with Crippen LogP contribution in [0, 0.1) is 0 Å². The monoisotopic (exact) mass is 480 g/mol. The summed E-state index contributed by atoms with van der Waals surface area (Å²) in [5, 5.41) is 6.77. The molecule has 0 unspecified atom stereocenters. The maximum atomic E-state index is 13.0. The molecule has 0 amide bonds. The van der Waals surface area contributed by atoms with Crippen LogP contribution < -0.4 is 10.9 Å². The van der Waals surface area contributed by atoms with Crippen LogP contribution >= 0.6 is 22.9 Å². The average molecular weight is 481 g/mol. The second-order valence-electron chi connectivity index (χ2n) is 8.08. The quantitative estimate of drug-likeness (QED) is 0.408. The Morgan fingerprint density at radius 3 is 2.64 bits per heavy atom. The minimum absolute atomic E-state index is 0.118. The third-order valence-corrected chi connectivity index (χ3v) is 7.12. The number of morpholine rings is 1. The number of aromatic nitrogens is 2. The lowest BCUT2D eigenvalue weighted by Crippen LogP contribution is -2.42. The Morgan fingerprint density at radius 1 is 1.09 bits per heavy atom. The zero-order chi connectivity index (χ0) is 22.6. The number of halogens is 1. The van der Waals surface area contributed by atoms with Gasteiger partial charge in [0.25, 0.3) is 5.56 Å². The van der Waals surface area contributed by atoms with Gasteiger partial charge in [0.1, 0.15) is 10.7 Å². The number of aromatic amines is 1. The Balaban J connectivity index is 1.38. The van der Waals surface area contributed by atoms with E-state index in [4.69, 9.17) is 21.3 Å². The summed E-state index contributed by atoms with van der Waals surface area (Å²) in [7, 11) is 0. The van der Waals surface area contributed by atoms with Crippen LogP contribution in [0.1, 0.15) is 17.4 Å². The van der Waals surface area contributed by atoms with Gasteiger partial charge in [-0.1, -0.05) is 60.1 Å². The smallest absolute Gasteiger partial charge is 0.260 e. The number of nitrogens with one attached hydrogen (secondary N) is 2. The number of H-pyrrole nitrogens is 1. The molecule has 3 heterocycles. The molecule has 33 heavy (non-hydrogen) atoms. The number of fused-ring (bicyclic) bond motifs is 1. The van der Waals surface area contributed by atoms with Crippen molar-refractivity contribution in [1.29, 1.82) is 0 Å². The van der Waals surface area contributed by atoms with Gasteiger partial charge >= 0.3 is 0 Å². The first-order valence-electron chi connectivity index (χ1n) is 11.0. The van der Waals surface area contributed by atoms with Gasteiger partial charge in [-0.05, 0) is 11.6 Å². The van der Waals surface area contributed by atoms with Crippen molar-refractivity contribution in [1.82, 2.24) is 20.2 Å². The van der Waals surface area contributed by atoms with Crippen molar-refractivity contribution in [2.75, 3.05) is 32.8 Å². The van der Waals surface area contributed by atoms with Crippen LogP contribution in [0.15, 0.2) is 64.8 Å². The lowest BCUT2D eigenvalue weighted by molar-refractivity contribution is 0.0333. The van der Waals surface area contributed by atoms with Gasteiger partial charge in [0, 0.05) is 47.2 Å². The Hall–Kier alpha value is -2.55. The van der Waals surface area contributed by atoms with Gasteiger partial charge in [-0.25, -0.2) is 4.98 Å². The molecule has 0 saturated carbocycles. The fraction of sp³-hybridized carbons (Fsp3) is 0.280. The zero-order valence-corrected chi connectivity index (χ0v) is 19.7. The average Bonchev–Trinajstić information content (AvgIpc) is 3.28. The summed E-state index contributed by atoms with van der Waals surface area (Å²) in [5.41, 5.74) is 2.74. The third kappa shape index (κ3) is 5.03. The molecular weight excluding hydrogens is 456 g/mol. The van der Waals surface area contributed by atoms with Gasteiger partial charge in [-0.15, -0.1) is 11.3 Å². The first-order chi connectivity index (χ1) is 16.2. The van der Waals surface area contributed by atoms with Gasteiger partial charge in [-0.3, -0.25) is 9.69 Å². The molecule has 1 aliphatic rings. The summed E-state index contributed by atoms with van der Waals surface area (Å²) in [6.07, 6.45) is 0. The van der Waals surface area contributed by atoms with Gasteiger partial charge in [0.15, 0.2) is 0 Å². The second-order valence-corrected chi connectivity index (χ2v) is 9.34. The molecule has 2 N–H and O–H groups in total. The third-order valence-electron chi connectivity index (χ3n) is 5.92. The molecule has 0 radical (unpaired) electrons. The summed E-state index contributed by atoms with van der Waals surface area (Å²) in [6.45, 7) is 4.71. The van der Waals surface area contributed by atoms with Crippen molar-refractivity contribution in [2.24, 2.45) is 0 Å². The minimum Gasteiger partial charge on any atom is -0.379 e. The number of hydrogen-bond acceptors (Lipinski definition) is 6. The van der Waals surface area contributed by atoms with Gasteiger partial charge in [-0.2, -0.15) is 0 Å². The fourth-order valence-electron chi connectivity index (χ4n) is 4.19. The van der Waals surface area contributed by atoms with Crippen molar-refractivity contribution in [3.05, 3.63) is 86.7 Å². The van der Waals surface area contributed by atoms with Crippen LogP contribution in [-0.4, -0.2) is 47.7 Å². The number of hydrogen-bond donors (Lipinski definition) is 2. The molecule has 5 rings (SSSR count). The summed E-state index contributed by atoms with van der Waals surface area (Å²) in [5.74, 6) is 0.628. The highest BCUT2D eigenvalue weighted by Crippen LogP contribution is 2.34. The first-order valence-corrected chi connectivity index (χ1v) is 12.3. The standard InChI is InChI=1S/C25H25ClN4O2S/c26-20-9-5-4-8-18(20)19-16-33-25-23(19)24(31)28-22(29-25)14-27-21(17-6-2-1-3-7-17)15-30-10-12-32-13-11-30/h1-9,16,21,27H,10-15H2,(H,28,29,31)/t21-/m1/s1. The van der Waals surface area contributed by atoms with Crippen molar-refractivity contribution in [2.45, 2.75) is 12.6 Å². The molecule has 170 valence electrons. The van der Waals surface area contributed by atoms with E-state index in [-0.39, 0.29) is 11.6 Å². The number of thiophene rings is 1. The normalized spacial score (nSPS) is 15.7. The molecule has 6 nitrogen and oxygen atoms in total. The molecular formula is C25H25ClN4O2S. The Kier molecular flexibility index (Phi) is 6.85. The van der Waals surface area contributed by atoms with Crippen LogP contribution in [0.5, 0.6) is 0 Å². The predicted octanol–water partition coefficient (Wildman–Crippen LogP) is 4.47. The van der Waals surface area contributed by atoms with Gasteiger partial charge in [0.2, 0.25) is 0 Å². The number of nitrogens with zero attached hydrogens (tertiary/aromatic N) is 2. The highest BCUT2D eigenvalue weighted by atomic mass is 35.5. The molecule has 0 aliphatic carbocycles. The minimum atomic E-state index is -0.141. The maximum Gasteiger partial charge on any atom is 0.260 e. The Labute approximate surface area is 201 Å². The topological polar surface area (TPSA) is 70.2 Å². The van der Waals surface area contributed by atoms with E-state index in [1.807, 2.05) is 35.7 Å². The lowest BCUT2D eigenvalue weighted by Gasteiger charge is -2.31. The molecule has 0 spiro atoms. The SMILES string of the molecule is O=c1[nH]c(CN[C@H](CN2CCOCC2)c2ccccc2)nc2scc(-c3ccccc3Cl)c12. The molecule has 0 bridgehead atoms. The molecule has 2 aromatic heterocycles. The molecule has 8 heteroatoms.